The molecule has 0 atom stereocenters. The van der Waals surface area contributed by atoms with E-state index in [0.29, 0.717) is 16.5 Å². The molecule has 0 aliphatic carbocycles. The first-order valence-electron chi connectivity index (χ1n) is 8.85. The summed E-state index contributed by atoms with van der Waals surface area (Å²) in [4.78, 5) is 30.4. The molecule has 8 nitrogen and oxygen atoms in total. The maximum absolute atomic E-state index is 12.8. The molecule has 0 aliphatic rings. The van der Waals surface area contributed by atoms with Gasteiger partial charge in [0.2, 0.25) is 0 Å². The maximum atomic E-state index is 12.8. The number of fused-ring (bicyclic) bond motifs is 1. The van der Waals surface area contributed by atoms with Gasteiger partial charge in [0.05, 0.1) is 12.2 Å². The zero-order valence-electron chi connectivity index (χ0n) is 16.1. The van der Waals surface area contributed by atoms with Crippen molar-refractivity contribution >= 4 is 34.3 Å². The lowest BCUT2D eigenvalue weighted by atomic mass is 10.1. The standard InChI is InChI=1S/C19H22N4O4S/c1-12(2)26-18(24)21-23(19(25)27-13(3)4)16-15(14-8-6-5-7-9-14)20-17-22(16)10-11-28-17/h5-13H,1-4H3,(H,21,24). The number of carbonyl (C=O) groups excluding carboxylic acids is 2. The number of nitrogens with one attached hydrogen (secondary N) is 1. The number of hydrazine groups is 1. The van der Waals surface area contributed by atoms with Crippen LogP contribution in [0.3, 0.4) is 0 Å². The quantitative estimate of drug-likeness (QED) is 0.651. The molecule has 3 aromatic rings. The van der Waals surface area contributed by atoms with Crippen molar-refractivity contribution in [3.63, 3.8) is 0 Å². The van der Waals surface area contributed by atoms with Crippen LogP contribution in [-0.4, -0.2) is 33.8 Å². The van der Waals surface area contributed by atoms with E-state index in [9.17, 15) is 9.59 Å². The number of hydrogen-bond donors (Lipinski definition) is 1. The second kappa shape index (κ2) is 8.30. The van der Waals surface area contributed by atoms with E-state index in [4.69, 9.17) is 9.47 Å². The lowest BCUT2D eigenvalue weighted by molar-refractivity contribution is 0.103. The van der Waals surface area contributed by atoms with Crippen LogP contribution in [0, 0.1) is 0 Å². The van der Waals surface area contributed by atoms with Crippen LogP contribution in [0.4, 0.5) is 15.4 Å². The second-order valence-corrected chi connectivity index (χ2v) is 7.41. The highest BCUT2D eigenvalue weighted by molar-refractivity contribution is 7.15. The van der Waals surface area contributed by atoms with Crippen molar-refractivity contribution in [1.82, 2.24) is 14.8 Å². The summed E-state index contributed by atoms with van der Waals surface area (Å²) in [5.74, 6) is 0.369. The molecule has 1 N–H and O–H groups in total. The number of carbonyl (C=O) groups is 2. The fraction of sp³-hybridized carbons (Fsp3) is 0.316. The van der Waals surface area contributed by atoms with Gasteiger partial charge in [0.25, 0.3) is 0 Å². The maximum Gasteiger partial charge on any atom is 0.435 e. The van der Waals surface area contributed by atoms with Crippen LogP contribution < -0.4 is 10.4 Å². The van der Waals surface area contributed by atoms with Crippen LogP contribution in [0.1, 0.15) is 27.7 Å². The summed E-state index contributed by atoms with van der Waals surface area (Å²) in [5.41, 5.74) is 3.83. The van der Waals surface area contributed by atoms with Crippen molar-refractivity contribution in [2.75, 3.05) is 5.01 Å². The molecule has 28 heavy (non-hydrogen) atoms. The number of rotatable bonds is 4. The zero-order chi connectivity index (χ0) is 20.3. The topological polar surface area (TPSA) is 85.2 Å². The number of ether oxygens (including phenoxy) is 2. The molecule has 1 aromatic carbocycles. The molecular weight excluding hydrogens is 380 g/mol. The molecule has 0 aliphatic heterocycles. The van der Waals surface area contributed by atoms with E-state index in [0.717, 1.165) is 10.6 Å². The van der Waals surface area contributed by atoms with E-state index in [-0.39, 0.29) is 12.2 Å². The first-order chi connectivity index (χ1) is 13.4. The molecule has 0 saturated heterocycles. The van der Waals surface area contributed by atoms with E-state index < -0.39 is 12.2 Å². The van der Waals surface area contributed by atoms with Crippen LogP contribution in [0.2, 0.25) is 0 Å². The average Bonchev–Trinajstić information content (AvgIpc) is 3.20. The monoisotopic (exact) mass is 402 g/mol. The van der Waals surface area contributed by atoms with Gasteiger partial charge in [-0.3, -0.25) is 4.40 Å². The third kappa shape index (κ3) is 4.25. The minimum absolute atomic E-state index is 0.344. The summed E-state index contributed by atoms with van der Waals surface area (Å²) in [5, 5.41) is 2.89. The van der Waals surface area contributed by atoms with E-state index in [2.05, 4.69) is 10.4 Å². The number of aromatic nitrogens is 2. The fourth-order valence-electron chi connectivity index (χ4n) is 2.55. The molecule has 0 spiro atoms. The Bertz CT molecular complexity index is 965. The summed E-state index contributed by atoms with van der Waals surface area (Å²) in [7, 11) is 0. The number of amides is 2. The average molecular weight is 402 g/mol. The van der Waals surface area contributed by atoms with Crippen molar-refractivity contribution in [3.8, 4) is 11.3 Å². The van der Waals surface area contributed by atoms with Gasteiger partial charge < -0.3 is 9.47 Å². The number of imidazole rings is 1. The summed E-state index contributed by atoms with van der Waals surface area (Å²) in [6.45, 7) is 6.91. The van der Waals surface area contributed by atoms with E-state index >= 15 is 0 Å². The zero-order valence-corrected chi connectivity index (χ0v) is 16.9. The van der Waals surface area contributed by atoms with Crippen molar-refractivity contribution in [2.45, 2.75) is 39.9 Å². The first kappa shape index (κ1) is 19.7. The molecule has 0 saturated carbocycles. The Hall–Kier alpha value is -3.07. The molecule has 2 heterocycles. The van der Waals surface area contributed by atoms with Crippen molar-refractivity contribution in [3.05, 3.63) is 41.9 Å². The van der Waals surface area contributed by atoms with Crippen molar-refractivity contribution in [2.24, 2.45) is 0 Å². The number of benzene rings is 1. The lowest BCUT2D eigenvalue weighted by Crippen LogP contribution is -2.48. The van der Waals surface area contributed by atoms with Crippen LogP contribution in [0.25, 0.3) is 16.2 Å². The third-order valence-electron chi connectivity index (χ3n) is 3.56. The normalized spacial score (nSPS) is 11.1. The number of anilines is 1. The van der Waals surface area contributed by atoms with Gasteiger partial charge >= 0.3 is 12.2 Å². The molecule has 2 amide bonds. The summed E-state index contributed by atoms with van der Waals surface area (Å²) in [6, 6.07) is 9.42. The van der Waals surface area contributed by atoms with Gasteiger partial charge in [-0.05, 0) is 27.7 Å². The predicted molar refractivity (Wildman–Crippen MR) is 107 cm³/mol. The van der Waals surface area contributed by atoms with E-state index in [1.165, 1.54) is 11.3 Å². The highest BCUT2D eigenvalue weighted by Gasteiger charge is 2.29. The lowest BCUT2D eigenvalue weighted by Gasteiger charge is -2.24. The van der Waals surface area contributed by atoms with Crippen LogP contribution in [-0.2, 0) is 9.47 Å². The molecule has 0 fully saturated rings. The van der Waals surface area contributed by atoms with E-state index in [1.807, 2.05) is 35.7 Å². The molecule has 3 rings (SSSR count). The Labute approximate surface area is 166 Å². The highest BCUT2D eigenvalue weighted by Crippen LogP contribution is 2.33. The SMILES string of the molecule is CC(C)OC(=O)NN(C(=O)OC(C)C)c1c(-c2ccccc2)nc2sccn12. The second-order valence-electron chi connectivity index (χ2n) is 6.54. The minimum Gasteiger partial charge on any atom is -0.446 e. The summed E-state index contributed by atoms with van der Waals surface area (Å²) in [6.07, 6.45) is -0.437. The summed E-state index contributed by atoms with van der Waals surface area (Å²) < 4.78 is 12.2. The van der Waals surface area contributed by atoms with Gasteiger partial charge in [-0.15, -0.1) is 11.3 Å². The molecular formula is C19H22N4O4S. The van der Waals surface area contributed by atoms with Crippen LogP contribution in [0.5, 0.6) is 0 Å². The van der Waals surface area contributed by atoms with Crippen molar-refractivity contribution in [1.29, 1.82) is 0 Å². The molecule has 0 radical (unpaired) electrons. The Morgan fingerprint density at radius 2 is 1.79 bits per heavy atom. The van der Waals surface area contributed by atoms with Gasteiger partial charge in [0.15, 0.2) is 10.8 Å². The largest absolute Gasteiger partial charge is 0.446 e. The summed E-state index contributed by atoms with van der Waals surface area (Å²) >= 11 is 1.42. The Morgan fingerprint density at radius 1 is 1.11 bits per heavy atom. The predicted octanol–water partition coefficient (Wildman–Crippen LogP) is 4.46. The Balaban J connectivity index is 2.10. The molecule has 0 unspecified atom stereocenters. The number of hydrogen-bond acceptors (Lipinski definition) is 6. The highest BCUT2D eigenvalue weighted by atomic mass is 32.1. The molecule has 2 aromatic heterocycles. The van der Waals surface area contributed by atoms with E-state index in [1.54, 1.807) is 38.3 Å². The van der Waals surface area contributed by atoms with Crippen LogP contribution >= 0.6 is 11.3 Å². The van der Waals surface area contributed by atoms with Crippen LogP contribution in [0.15, 0.2) is 41.9 Å². The molecule has 9 heteroatoms. The fourth-order valence-corrected chi connectivity index (χ4v) is 3.26. The first-order valence-corrected chi connectivity index (χ1v) is 9.73. The van der Waals surface area contributed by atoms with Crippen molar-refractivity contribution < 1.29 is 19.1 Å². The molecule has 148 valence electrons. The smallest absolute Gasteiger partial charge is 0.435 e. The van der Waals surface area contributed by atoms with Gasteiger partial charge in [-0.2, -0.15) is 5.01 Å². The molecule has 0 bridgehead atoms. The van der Waals surface area contributed by atoms with Gasteiger partial charge in [0, 0.05) is 17.1 Å². The van der Waals surface area contributed by atoms with Gasteiger partial charge in [-0.25, -0.2) is 20.0 Å². The number of thiazole rings is 1. The minimum atomic E-state index is -0.764. The van der Waals surface area contributed by atoms with Gasteiger partial charge in [-0.1, -0.05) is 30.3 Å². The Morgan fingerprint density at radius 3 is 2.43 bits per heavy atom. The van der Waals surface area contributed by atoms with Gasteiger partial charge in [0.1, 0.15) is 5.69 Å². The number of nitrogens with zero attached hydrogens (tertiary/aromatic N) is 3. The Kier molecular flexibility index (Phi) is 5.84. The third-order valence-corrected chi connectivity index (χ3v) is 4.32.